The van der Waals surface area contributed by atoms with Gasteiger partial charge in [-0.3, -0.25) is 0 Å². The molecule has 0 atom stereocenters. The molecule has 2 aromatic carbocycles. The van der Waals surface area contributed by atoms with Crippen LogP contribution in [0.25, 0.3) is 10.8 Å². The second-order valence-electron chi connectivity index (χ2n) is 3.59. The third kappa shape index (κ3) is 2.00. The zero-order chi connectivity index (χ0) is 13.4. The Labute approximate surface area is 111 Å². The summed E-state index contributed by atoms with van der Waals surface area (Å²) in [6.07, 6.45) is 0. The van der Waals surface area contributed by atoms with Gasteiger partial charge in [-0.15, -0.1) is 0 Å². The number of halogens is 2. The van der Waals surface area contributed by atoms with E-state index in [0.29, 0.717) is 15.8 Å². The summed E-state index contributed by atoms with van der Waals surface area (Å²) in [6, 6.07) is 5.82. The van der Waals surface area contributed by atoms with E-state index < -0.39 is 11.9 Å². The lowest BCUT2D eigenvalue weighted by molar-refractivity contribution is 0.0696. The highest BCUT2D eigenvalue weighted by molar-refractivity contribution is 6.38. The summed E-state index contributed by atoms with van der Waals surface area (Å²) in [6.45, 7) is 0. The quantitative estimate of drug-likeness (QED) is 0.884. The van der Waals surface area contributed by atoms with Crippen molar-refractivity contribution < 1.29 is 19.8 Å². The third-order valence-corrected chi connectivity index (χ3v) is 3.11. The lowest BCUT2D eigenvalue weighted by Crippen LogP contribution is -2.05. The average Bonchev–Trinajstić information content (AvgIpc) is 2.27. The van der Waals surface area contributed by atoms with Crippen LogP contribution in [-0.4, -0.2) is 22.2 Å². The van der Waals surface area contributed by atoms with Crippen LogP contribution >= 0.6 is 23.2 Å². The van der Waals surface area contributed by atoms with Crippen molar-refractivity contribution in [2.45, 2.75) is 0 Å². The lowest BCUT2D eigenvalue weighted by atomic mass is 10.0. The fourth-order valence-corrected chi connectivity index (χ4v) is 2.22. The fraction of sp³-hybridized carbons (Fsp3) is 0. The Morgan fingerprint density at radius 2 is 1.67 bits per heavy atom. The van der Waals surface area contributed by atoms with Crippen LogP contribution in [0, 0.1) is 0 Å². The van der Waals surface area contributed by atoms with Crippen LogP contribution in [0.3, 0.4) is 0 Å². The molecule has 6 heteroatoms. The molecule has 0 unspecified atom stereocenters. The fourth-order valence-electron chi connectivity index (χ4n) is 1.72. The van der Waals surface area contributed by atoms with Crippen LogP contribution in [0.4, 0.5) is 0 Å². The zero-order valence-corrected chi connectivity index (χ0v) is 10.3. The van der Waals surface area contributed by atoms with E-state index in [2.05, 4.69) is 0 Å². The molecule has 0 saturated carbocycles. The molecule has 4 nitrogen and oxygen atoms in total. The van der Waals surface area contributed by atoms with E-state index in [1.54, 1.807) is 0 Å². The van der Waals surface area contributed by atoms with Gasteiger partial charge in [0.25, 0.3) is 0 Å². The number of aromatic carboxylic acids is 2. The SMILES string of the molecule is O=C(O)c1cc2cc(Cl)ccc2c(C(=O)O)c1Cl. The van der Waals surface area contributed by atoms with Crippen molar-refractivity contribution in [3.05, 3.63) is 45.4 Å². The maximum absolute atomic E-state index is 11.2. The number of carboxylic acids is 2. The molecule has 0 aromatic heterocycles. The molecular weight excluding hydrogens is 279 g/mol. The first kappa shape index (κ1) is 12.7. The Morgan fingerprint density at radius 3 is 2.22 bits per heavy atom. The molecule has 0 heterocycles. The van der Waals surface area contributed by atoms with Gasteiger partial charge < -0.3 is 10.2 Å². The van der Waals surface area contributed by atoms with Crippen molar-refractivity contribution in [2.75, 3.05) is 0 Å². The highest BCUT2D eigenvalue weighted by Gasteiger charge is 2.20. The van der Waals surface area contributed by atoms with E-state index in [4.69, 9.17) is 33.4 Å². The molecule has 2 N–H and O–H groups in total. The van der Waals surface area contributed by atoms with Gasteiger partial charge in [-0.1, -0.05) is 29.3 Å². The number of rotatable bonds is 2. The van der Waals surface area contributed by atoms with Gasteiger partial charge in [0.05, 0.1) is 16.1 Å². The van der Waals surface area contributed by atoms with E-state index in [9.17, 15) is 9.59 Å². The molecule has 2 rings (SSSR count). The zero-order valence-electron chi connectivity index (χ0n) is 8.78. The van der Waals surface area contributed by atoms with Gasteiger partial charge in [0.1, 0.15) is 0 Å². The molecule has 0 aliphatic heterocycles. The van der Waals surface area contributed by atoms with E-state index >= 15 is 0 Å². The number of fused-ring (bicyclic) bond motifs is 1. The Balaban J connectivity index is 2.96. The smallest absolute Gasteiger partial charge is 0.337 e. The molecule has 0 bridgehead atoms. The number of hydrogen-bond acceptors (Lipinski definition) is 2. The minimum atomic E-state index is -1.29. The minimum absolute atomic E-state index is 0.233. The van der Waals surface area contributed by atoms with E-state index in [0.717, 1.165) is 0 Å². The molecule has 92 valence electrons. The maximum atomic E-state index is 11.2. The third-order valence-electron chi connectivity index (χ3n) is 2.48. The Morgan fingerprint density at radius 1 is 1.00 bits per heavy atom. The molecule has 0 radical (unpaired) electrons. The summed E-state index contributed by atoms with van der Waals surface area (Å²) < 4.78 is 0. The first-order chi connectivity index (χ1) is 8.41. The minimum Gasteiger partial charge on any atom is -0.478 e. The Kier molecular flexibility index (Phi) is 3.15. The van der Waals surface area contributed by atoms with Gasteiger partial charge in [-0.25, -0.2) is 9.59 Å². The summed E-state index contributed by atoms with van der Waals surface area (Å²) in [7, 11) is 0. The van der Waals surface area contributed by atoms with Gasteiger partial charge in [-0.2, -0.15) is 0 Å². The van der Waals surface area contributed by atoms with Gasteiger partial charge >= 0.3 is 11.9 Å². The molecule has 0 fully saturated rings. The number of hydrogen-bond donors (Lipinski definition) is 2. The summed E-state index contributed by atoms with van der Waals surface area (Å²) in [5.41, 5.74) is -0.493. The maximum Gasteiger partial charge on any atom is 0.337 e. The second kappa shape index (κ2) is 4.48. The molecule has 0 amide bonds. The van der Waals surface area contributed by atoms with Crippen LogP contribution in [0.15, 0.2) is 24.3 Å². The van der Waals surface area contributed by atoms with Crippen molar-refractivity contribution in [1.82, 2.24) is 0 Å². The summed E-state index contributed by atoms with van der Waals surface area (Å²) in [4.78, 5) is 22.2. The van der Waals surface area contributed by atoms with Crippen molar-refractivity contribution in [3.8, 4) is 0 Å². The summed E-state index contributed by atoms with van der Waals surface area (Å²) >= 11 is 11.6. The van der Waals surface area contributed by atoms with Crippen LogP contribution in [0.2, 0.25) is 10.0 Å². The monoisotopic (exact) mass is 284 g/mol. The molecule has 0 aliphatic rings. The molecular formula is C12H6Cl2O4. The van der Waals surface area contributed by atoms with Crippen molar-refractivity contribution in [2.24, 2.45) is 0 Å². The van der Waals surface area contributed by atoms with Crippen LogP contribution in [0.1, 0.15) is 20.7 Å². The van der Waals surface area contributed by atoms with Crippen LogP contribution in [-0.2, 0) is 0 Å². The second-order valence-corrected chi connectivity index (χ2v) is 4.40. The van der Waals surface area contributed by atoms with Gasteiger partial charge in [-0.05, 0) is 29.0 Å². The predicted octanol–water partition coefficient (Wildman–Crippen LogP) is 3.54. The van der Waals surface area contributed by atoms with Crippen molar-refractivity contribution in [3.63, 3.8) is 0 Å². The number of benzene rings is 2. The predicted molar refractivity (Wildman–Crippen MR) is 67.9 cm³/mol. The summed E-state index contributed by atoms with van der Waals surface area (Å²) in [5.74, 6) is -2.57. The Bertz CT molecular complexity index is 679. The van der Waals surface area contributed by atoms with Crippen molar-refractivity contribution in [1.29, 1.82) is 0 Å². The molecule has 0 spiro atoms. The van der Waals surface area contributed by atoms with Gasteiger partial charge in [0.2, 0.25) is 0 Å². The molecule has 18 heavy (non-hydrogen) atoms. The lowest BCUT2D eigenvalue weighted by Gasteiger charge is -2.08. The highest BCUT2D eigenvalue weighted by Crippen LogP contribution is 2.31. The van der Waals surface area contributed by atoms with Crippen LogP contribution in [0.5, 0.6) is 0 Å². The molecule has 2 aromatic rings. The first-order valence-electron chi connectivity index (χ1n) is 4.80. The first-order valence-corrected chi connectivity index (χ1v) is 5.55. The average molecular weight is 285 g/mol. The molecule has 0 saturated heterocycles. The summed E-state index contributed by atoms with van der Waals surface area (Å²) in [5, 5.41) is 19.0. The normalized spacial score (nSPS) is 10.6. The topological polar surface area (TPSA) is 74.6 Å². The van der Waals surface area contributed by atoms with E-state index in [-0.39, 0.29) is 16.1 Å². The van der Waals surface area contributed by atoms with Gasteiger partial charge in [0.15, 0.2) is 0 Å². The van der Waals surface area contributed by atoms with Crippen LogP contribution < -0.4 is 0 Å². The number of carbonyl (C=O) groups is 2. The highest BCUT2D eigenvalue weighted by atomic mass is 35.5. The standard InChI is InChI=1S/C12H6Cl2O4/c13-6-1-2-7-5(3-6)4-8(11(15)16)10(14)9(7)12(17)18/h1-4H,(H,15,16)(H,17,18). The Hall–Kier alpha value is -1.78. The number of carboxylic acid groups (broad SMARTS) is 2. The van der Waals surface area contributed by atoms with Crippen molar-refractivity contribution >= 4 is 45.9 Å². The van der Waals surface area contributed by atoms with E-state index in [1.165, 1.54) is 24.3 Å². The molecule has 0 aliphatic carbocycles. The van der Waals surface area contributed by atoms with E-state index in [1.807, 2.05) is 0 Å². The van der Waals surface area contributed by atoms with Gasteiger partial charge in [0, 0.05) is 5.02 Å². The largest absolute Gasteiger partial charge is 0.478 e.